The zero-order valence-corrected chi connectivity index (χ0v) is 10.2. The van der Waals surface area contributed by atoms with E-state index in [9.17, 15) is 5.11 Å². The minimum absolute atomic E-state index is 0.127. The number of rotatable bonds is 5. The van der Waals surface area contributed by atoms with E-state index >= 15 is 0 Å². The summed E-state index contributed by atoms with van der Waals surface area (Å²) in [7, 11) is 1.73. The molecule has 1 atom stereocenters. The van der Waals surface area contributed by atoms with E-state index in [2.05, 4.69) is 5.10 Å². The smallest absolute Gasteiger partial charge is 0.211 e. The molecule has 18 heavy (non-hydrogen) atoms. The predicted molar refractivity (Wildman–Crippen MR) is 66.0 cm³/mol. The predicted octanol–water partition coefficient (Wildman–Crippen LogP) is 1.02. The molecule has 0 saturated heterocycles. The molecule has 0 fully saturated rings. The second kappa shape index (κ2) is 5.66. The Kier molecular flexibility index (Phi) is 3.96. The zero-order chi connectivity index (χ0) is 13.0. The topological polar surface area (TPSA) is 67.5 Å². The molecule has 1 unspecified atom stereocenters. The van der Waals surface area contributed by atoms with Crippen LogP contribution in [0.4, 0.5) is 0 Å². The molecule has 0 saturated carbocycles. The van der Waals surface area contributed by atoms with Crippen LogP contribution >= 0.6 is 0 Å². The van der Waals surface area contributed by atoms with E-state index in [0.29, 0.717) is 11.6 Å². The van der Waals surface area contributed by atoms with E-state index in [1.807, 2.05) is 30.3 Å². The van der Waals surface area contributed by atoms with Gasteiger partial charge in [0.15, 0.2) is 0 Å². The fraction of sp³-hybridized carbons (Fsp3) is 0.308. The van der Waals surface area contributed by atoms with E-state index in [0.717, 1.165) is 5.56 Å². The molecule has 0 aliphatic carbocycles. The van der Waals surface area contributed by atoms with Crippen molar-refractivity contribution in [1.82, 2.24) is 9.78 Å². The SMILES string of the molecule is Cn1nc(CO)cc1OCC(O)c1ccccc1. The Hall–Kier alpha value is -1.85. The van der Waals surface area contributed by atoms with Gasteiger partial charge < -0.3 is 14.9 Å². The molecule has 2 aromatic rings. The van der Waals surface area contributed by atoms with Gasteiger partial charge in [0.05, 0.1) is 12.3 Å². The zero-order valence-electron chi connectivity index (χ0n) is 10.2. The van der Waals surface area contributed by atoms with Crippen LogP contribution in [0.1, 0.15) is 17.4 Å². The van der Waals surface area contributed by atoms with Crippen LogP contribution in [0.3, 0.4) is 0 Å². The third-order valence-corrected chi connectivity index (χ3v) is 2.62. The Morgan fingerprint density at radius 2 is 2.06 bits per heavy atom. The molecule has 2 N–H and O–H groups in total. The molecule has 1 aromatic heterocycles. The van der Waals surface area contributed by atoms with Gasteiger partial charge in [-0.3, -0.25) is 0 Å². The van der Waals surface area contributed by atoms with E-state index in [1.54, 1.807) is 13.1 Å². The average Bonchev–Trinajstić information content (AvgIpc) is 2.77. The molecule has 0 aliphatic heterocycles. The highest BCUT2D eigenvalue weighted by Gasteiger charge is 2.10. The van der Waals surface area contributed by atoms with Crippen LogP contribution in [0.5, 0.6) is 5.88 Å². The van der Waals surface area contributed by atoms with Gasteiger partial charge in [0.25, 0.3) is 0 Å². The van der Waals surface area contributed by atoms with Gasteiger partial charge in [-0.2, -0.15) is 5.10 Å². The van der Waals surface area contributed by atoms with Gasteiger partial charge in [-0.15, -0.1) is 0 Å². The molecule has 2 rings (SSSR count). The normalized spacial score (nSPS) is 12.4. The first-order valence-electron chi connectivity index (χ1n) is 5.70. The summed E-state index contributed by atoms with van der Waals surface area (Å²) in [4.78, 5) is 0. The second-order valence-corrected chi connectivity index (χ2v) is 3.99. The third kappa shape index (κ3) is 2.88. The highest BCUT2D eigenvalue weighted by Crippen LogP contribution is 2.16. The maximum atomic E-state index is 9.93. The first-order valence-corrected chi connectivity index (χ1v) is 5.70. The Balaban J connectivity index is 1.97. The Morgan fingerprint density at radius 3 is 2.67 bits per heavy atom. The summed E-state index contributed by atoms with van der Waals surface area (Å²) >= 11 is 0. The monoisotopic (exact) mass is 248 g/mol. The number of aliphatic hydroxyl groups is 2. The fourth-order valence-corrected chi connectivity index (χ4v) is 1.65. The van der Waals surface area contributed by atoms with Crippen LogP contribution in [0.15, 0.2) is 36.4 Å². The van der Waals surface area contributed by atoms with E-state index in [4.69, 9.17) is 9.84 Å². The highest BCUT2D eigenvalue weighted by atomic mass is 16.5. The van der Waals surface area contributed by atoms with Crippen LogP contribution in [0, 0.1) is 0 Å². The molecular formula is C13H16N2O3. The molecule has 1 aromatic carbocycles. The maximum Gasteiger partial charge on any atom is 0.211 e. The van der Waals surface area contributed by atoms with Gasteiger partial charge in [-0.25, -0.2) is 4.68 Å². The van der Waals surface area contributed by atoms with Crippen LogP contribution in [0.25, 0.3) is 0 Å². The lowest BCUT2D eigenvalue weighted by atomic mass is 10.1. The molecule has 0 radical (unpaired) electrons. The van der Waals surface area contributed by atoms with Gasteiger partial charge in [0, 0.05) is 13.1 Å². The first kappa shape index (κ1) is 12.6. The lowest BCUT2D eigenvalue weighted by Crippen LogP contribution is -2.11. The average molecular weight is 248 g/mol. The molecular weight excluding hydrogens is 232 g/mol. The van der Waals surface area contributed by atoms with Crippen molar-refractivity contribution in [3.8, 4) is 5.88 Å². The second-order valence-electron chi connectivity index (χ2n) is 3.99. The number of ether oxygens (including phenoxy) is 1. The summed E-state index contributed by atoms with van der Waals surface area (Å²) in [5.41, 5.74) is 1.35. The van der Waals surface area contributed by atoms with Gasteiger partial charge in [-0.05, 0) is 5.56 Å². The minimum Gasteiger partial charge on any atom is -0.475 e. The van der Waals surface area contributed by atoms with Crippen molar-refractivity contribution in [2.75, 3.05) is 6.61 Å². The standard InChI is InChI=1S/C13H16N2O3/c1-15-13(7-11(8-16)14-15)18-9-12(17)10-5-3-2-4-6-10/h2-7,12,16-17H,8-9H2,1H3. The fourth-order valence-electron chi connectivity index (χ4n) is 1.65. The van der Waals surface area contributed by atoms with E-state index in [1.165, 1.54) is 4.68 Å². The van der Waals surface area contributed by atoms with Crippen molar-refractivity contribution in [2.24, 2.45) is 7.05 Å². The number of hydrogen-bond acceptors (Lipinski definition) is 4. The summed E-state index contributed by atoms with van der Waals surface area (Å²) in [6.45, 7) is 0.0207. The molecule has 96 valence electrons. The lowest BCUT2D eigenvalue weighted by Gasteiger charge is -2.12. The molecule has 0 amide bonds. The number of nitrogens with zero attached hydrogens (tertiary/aromatic N) is 2. The van der Waals surface area contributed by atoms with E-state index in [-0.39, 0.29) is 13.2 Å². The molecule has 5 nitrogen and oxygen atoms in total. The molecule has 0 aliphatic rings. The Labute approximate surface area is 105 Å². The summed E-state index contributed by atoms with van der Waals surface area (Å²) in [6, 6.07) is 11.0. The minimum atomic E-state index is -0.682. The number of aliphatic hydroxyl groups excluding tert-OH is 2. The third-order valence-electron chi connectivity index (χ3n) is 2.62. The molecule has 1 heterocycles. The van der Waals surface area contributed by atoms with Crippen LogP contribution in [0.2, 0.25) is 0 Å². The summed E-state index contributed by atoms with van der Waals surface area (Å²) < 4.78 is 7.01. The van der Waals surface area contributed by atoms with E-state index < -0.39 is 6.10 Å². The van der Waals surface area contributed by atoms with Gasteiger partial charge in [-0.1, -0.05) is 30.3 Å². The Morgan fingerprint density at radius 1 is 1.33 bits per heavy atom. The van der Waals surface area contributed by atoms with Crippen LogP contribution in [-0.4, -0.2) is 26.6 Å². The number of aromatic nitrogens is 2. The first-order chi connectivity index (χ1) is 8.70. The Bertz CT molecular complexity index is 496. The van der Waals surface area contributed by atoms with Crippen molar-refractivity contribution < 1.29 is 14.9 Å². The van der Waals surface area contributed by atoms with Crippen LogP contribution in [-0.2, 0) is 13.7 Å². The van der Waals surface area contributed by atoms with Crippen molar-refractivity contribution in [2.45, 2.75) is 12.7 Å². The van der Waals surface area contributed by atoms with Crippen molar-refractivity contribution in [3.05, 3.63) is 47.7 Å². The van der Waals surface area contributed by atoms with Gasteiger partial charge in [0.1, 0.15) is 12.7 Å². The molecule has 0 bridgehead atoms. The molecule has 0 spiro atoms. The lowest BCUT2D eigenvalue weighted by molar-refractivity contribution is 0.103. The number of aryl methyl sites for hydroxylation is 1. The van der Waals surface area contributed by atoms with Gasteiger partial charge >= 0.3 is 0 Å². The van der Waals surface area contributed by atoms with Crippen molar-refractivity contribution in [1.29, 1.82) is 0 Å². The summed E-state index contributed by atoms with van der Waals surface area (Å²) in [5, 5.41) is 22.9. The number of benzene rings is 1. The number of hydrogen-bond donors (Lipinski definition) is 2. The highest BCUT2D eigenvalue weighted by molar-refractivity contribution is 5.18. The van der Waals surface area contributed by atoms with Gasteiger partial charge in [0.2, 0.25) is 5.88 Å². The van der Waals surface area contributed by atoms with Crippen molar-refractivity contribution >= 4 is 0 Å². The summed E-state index contributed by atoms with van der Waals surface area (Å²) in [5.74, 6) is 0.522. The van der Waals surface area contributed by atoms with Crippen LogP contribution < -0.4 is 4.74 Å². The molecule has 5 heteroatoms. The summed E-state index contributed by atoms with van der Waals surface area (Å²) in [6.07, 6.45) is -0.682. The van der Waals surface area contributed by atoms with Crippen molar-refractivity contribution in [3.63, 3.8) is 0 Å². The quantitative estimate of drug-likeness (QED) is 0.829. The maximum absolute atomic E-state index is 9.93. The largest absolute Gasteiger partial charge is 0.475 e.